The lowest BCUT2D eigenvalue weighted by Crippen LogP contribution is -2.06. The number of benzene rings is 1. The van der Waals surface area contributed by atoms with Gasteiger partial charge in [0, 0.05) is 11.9 Å². The molecule has 22 heavy (non-hydrogen) atoms. The Labute approximate surface area is 126 Å². The third kappa shape index (κ3) is 3.83. The summed E-state index contributed by atoms with van der Waals surface area (Å²) in [6, 6.07) is 7.75. The van der Waals surface area contributed by atoms with Gasteiger partial charge in [-0.1, -0.05) is 0 Å². The summed E-state index contributed by atoms with van der Waals surface area (Å²) >= 11 is 0. The van der Waals surface area contributed by atoms with Gasteiger partial charge in [0.2, 0.25) is 0 Å². The maximum absolute atomic E-state index is 11.6. The minimum absolute atomic E-state index is 0.0418. The fourth-order valence-corrected chi connectivity index (χ4v) is 2.12. The number of carboxylic acids is 1. The topological polar surface area (TPSA) is 155 Å². The highest BCUT2D eigenvalue weighted by molar-refractivity contribution is 7.90. The number of allylic oxidation sites excluding steroid dienone is 2. The van der Waals surface area contributed by atoms with E-state index in [4.69, 9.17) is 20.9 Å². The highest BCUT2D eigenvalue weighted by atomic mass is 32.2. The van der Waals surface area contributed by atoms with Crippen molar-refractivity contribution in [1.29, 1.82) is 15.8 Å². The van der Waals surface area contributed by atoms with Crippen LogP contribution in [0.1, 0.15) is 10.4 Å². The van der Waals surface area contributed by atoms with E-state index in [2.05, 4.69) is 5.32 Å². The number of anilines is 1. The van der Waals surface area contributed by atoms with Crippen LogP contribution in [0.5, 0.6) is 0 Å². The van der Waals surface area contributed by atoms with Gasteiger partial charge in [0.05, 0.1) is 10.5 Å². The summed E-state index contributed by atoms with van der Waals surface area (Å²) < 4.78 is 23.1. The molecule has 0 saturated carbocycles. The third-order valence-corrected chi connectivity index (χ3v) is 3.53. The van der Waals surface area contributed by atoms with Gasteiger partial charge < -0.3 is 10.4 Å². The molecule has 0 aromatic heterocycles. The number of carbonyl (C=O) groups is 1. The van der Waals surface area contributed by atoms with E-state index in [0.29, 0.717) is 0 Å². The number of sulfone groups is 1. The first-order valence-corrected chi connectivity index (χ1v) is 7.42. The first kappa shape index (κ1) is 16.7. The largest absolute Gasteiger partial charge is 0.478 e. The van der Waals surface area contributed by atoms with Crippen molar-refractivity contribution in [1.82, 2.24) is 0 Å². The van der Waals surface area contributed by atoms with Gasteiger partial charge in [0.25, 0.3) is 0 Å². The zero-order valence-corrected chi connectivity index (χ0v) is 12.0. The molecule has 2 N–H and O–H groups in total. The van der Waals surface area contributed by atoms with Gasteiger partial charge in [-0.25, -0.2) is 13.2 Å². The summed E-state index contributed by atoms with van der Waals surface area (Å²) in [5.74, 6) is -1.36. The summed E-state index contributed by atoms with van der Waals surface area (Å²) in [5, 5.41) is 37.7. The Morgan fingerprint density at radius 2 is 1.73 bits per heavy atom. The zero-order valence-electron chi connectivity index (χ0n) is 11.2. The summed E-state index contributed by atoms with van der Waals surface area (Å²) in [6.45, 7) is 0. The minimum atomic E-state index is -3.69. The second-order valence-electron chi connectivity index (χ2n) is 4.03. The second-order valence-corrected chi connectivity index (χ2v) is 6.05. The second kappa shape index (κ2) is 6.40. The van der Waals surface area contributed by atoms with Crippen LogP contribution in [0.4, 0.5) is 5.69 Å². The molecule has 0 saturated heterocycles. The number of rotatable bonds is 4. The van der Waals surface area contributed by atoms with Crippen molar-refractivity contribution in [2.75, 3.05) is 11.6 Å². The summed E-state index contributed by atoms with van der Waals surface area (Å²) in [7, 11) is -3.69. The van der Waals surface area contributed by atoms with Gasteiger partial charge in [-0.15, -0.1) is 0 Å². The molecule has 0 bridgehead atoms. The number of aromatic carboxylic acids is 1. The first-order valence-electron chi connectivity index (χ1n) is 5.53. The highest BCUT2D eigenvalue weighted by Crippen LogP contribution is 2.21. The van der Waals surface area contributed by atoms with E-state index in [1.807, 2.05) is 0 Å². The molecule has 0 amide bonds. The molecule has 8 nitrogen and oxygen atoms in total. The smallest absolute Gasteiger partial charge is 0.335 e. The SMILES string of the molecule is CS(=O)(=O)c1cc(NC(C#N)=C(C#N)C#N)cc(C(=O)O)c1. The van der Waals surface area contributed by atoms with Gasteiger partial charge in [0.1, 0.15) is 23.9 Å². The van der Waals surface area contributed by atoms with Crippen LogP contribution in [-0.4, -0.2) is 25.7 Å². The molecular formula is C13H8N4O4S. The number of hydrogen-bond donors (Lipinski definition) is 2. The van der Waals surface area contributed by atoms with Gasteiger partial charge >= 0.3 is 5.97 Å². The molecule has 0 aliphatic heterocycles. The van der Waals surface area contributed by atoms with Crippen LogP contribution in [0.2, 0.25) is 0 Å². The Morgan fingerprint density at radius 1 is 1.14 bits per heavy atom. The van der Waals surface area contributed by atoms with Crippen LogP contribution in [0.25, 0.3) is 0 Å². The normalized spacial score (nSPS) is 9.73. The van der Waals surface area contributed by atoms with Gasteiger partial charge in [-0.05, 0) is 18.2 Å². The molecule has 0 aliphatic carbocycles. The zero-order chi connectivity index (χ0) is 16.9. The van der Waals surface area contributed by atoms with E-state index in [9.17, 15) is 13.2 Å². The van der Waals surface area contributed by atoms with E-state index in [-0.39, 0.29) is 16.1 Å². The van der Waals surface area contributed by atoms with Crippen LogP contribution in [0.15, 0.2) is 34.4 Å². The van der Waals surface area contributed by atoms with Gasteiger partial charge in [0.15, 0.2) is 15.4 Å². The van der Waals surface area contributed by atoms with Crippen molar-refractivity contribution < 1.29 is 18.3 Å². The lowest BCUT2D eigenvalue weighted by Gasteiger charge is -2.08. The monoisotopic (exact) mass is 316 g/mol. The maximum atomic E-state index is 11.6. The average molecular weight is 316 g/mol. The minimum Gasteiger partial charge on any atom is -0.478 e. The van der Waals surface area contributed by atoms with Crippen molar-refractivity contribution in [3.05, 3.63) is 35.0 Å². The Morgan fingerprint density at radius 3 is 2.14 bits per heavy atom. The van der Waals surface area contributed by atoms with E-state index in [1.165, 1.54) is 12.1 Å². The van der Waals surface area contributed by atoms with Crippen LogP contribution < -0.4 is 5.32 Å². The molecule has 0 unspecified atom stereocenters. The quantitative estimate of drug-likeness (QED) is 0.780. The number of hydrogen-bond acceptors (Lipinski definition) is 7. The van der Waals surface area contributed by atoms with Gasteiger partial charge in [-0.2, -0.15) is 15.8 Å². The molecule has 1 aromatic carbocycles. The molecule has 0 radical (unpaired) electrons. The molecule has 0 atom stereocenters. The van der Waals surface area contributed by atoms with Crippen LogP contribution in [0.3, 0.4) is 0 Å². The number of nitrogens with one attached hydrogen (secondary N) is 1. The number of nitriles is 3. The molecule has 0 fully saturated rings. The maximum Gasteiger partial charge on any atom is 0.335 e. The van der Waals surface area contributed by atoms with Crippen LogP contribution in [0, 0.1) is 34.0 Å². The lowest BCUT2D eigenvalue weighted by atomic mass is 10.2. The Balaban J connectivity index is 3.51. The molecule has 0 heterocycles. The molecule has 1 rings (SSSR count). The van der Waals surface area contributed by atoms with Crippen molar-refractivity contribution in [2.24, 2.45) is 0 Å². The predicted octanol–water partition coefficient (Wildman–Crippen LogP) is 1.03. The molecule has 0 spiro atoms. The van der Waals surface area contributed by atoms with Crippen molar-refractivity contribution >= 4 is 21.5 Å². The van der Waals surface area contributed by atoms with Crippen molar-refractivity contribution in [2.45, 2.75) is 4.90 Å². The van der Waals surface area contributed by atoms with Crippen molar-refractivity contribution in [3.8, 4) is 18.2 Å². The Hall–Kier alpha value is -3.35. The first-order chi connectivity index (χ1) is 10.2. The summed E-state index contributed by atoms with van der Waals surface area (Å²) in [4.78, 5) is 10.8. The fourth-order valence-electron chi connectivity index (χ4n) is 1.44. The summed E-state index contributed by atoms with van der Waals surface area (Å²) in [6.07, 6.45) is 0.898. The molecule has 9 heteroatoms. The Bertz CT molecular complexity index is 879. The van der Waals surface area contributed by atoms with E-state index in [1.54, 1.807) is 6.07 Å². The Kier molecular flexibility index (Phi) is 4.86. The highest BCUT2D eigenvalue weighted by Gasteiger charge is 2.15. The standard InChI is InChI=1S/C13H8N4O4S/c1-22(20,21)11-3-8(13(18)19)2-10(4-11)17-12(7-16)9(5-14)6-15/h2-4,17H,1H3,(H,18,19). The van der Waals surface area contributed by atoms with Gasteiger partial charge in [-0.3, -0.25) is 0 Å². The molecule has 110 valence electrons. The summed E-state index contributed by atoms with van der Waals surface area (Å²) in [5.41, 5.74) is -1.28. The van der Waals surface area contributed by atoms with Crippen LogP contribution in [-0.2, 0) is 9.84 Å². The van der Waals surface area contributed by atoms with Crippen molar-refractivity contribution in [3.63, 3.8) is 0 Å². The predicted molar refractivity (Wildman–Crippen MR) is 74.0 cm³/mol. The van der Waals surface area contributed by atoms with Crippen LogP contribution >= 0.6 is 0 Å². The van der Waals surface area contributed by atoms with E-state index < -0.39 is 27.1 Å². The third-order valence-electron chi connectivity index (χ3n) is 2.44. The fraction of sp³-hybridized carbons (Fsp3) is 0.0769. The number of nitrogens with zero attached hydrogens (tertiary/aromatic N) is 3. The lowest BCUT2D eigenvalue weighted by molar-refractivity contribution is 0.0696. The van der Waals surface area contributed by atoms with E-state index in [0.717, 1.165) is 24.5 Å². The average Bonchev–Trinajstić information content (AvgIpc) is 2.46. The molecule has 0 aliphatic rings. The van der Waals surface area contributed by atoms with E-state index >= 15 is 0 Å². The molecular weight excluding hydrogens is 308 g/mol. The molecule has 1 aromatic rings. The number of carboxylic acid groups (broad SMARTS) is 1.